The van der Waals surface area contributed by atoms with Gasteiger partial charge in [0.05, 0.1) is 11.7 Å². The van der Waals surface area contributed by atoms with Crippen LogP contribution >= 0.6 is 0 Å². The Hall–Kier alpha value is -1.94. The fourth-order valence-corrected chi connectivity index (χ4v) is 2.67. The summed E-state index contributed by atoms with van der Waals surface area (Å²) >= 11 is 0. The standard InChI is InChI=1S/C16H20N4/c1-12-18-14(10-16(17-2)19-12)15-8-9-20(15)11-13-6-4-3-5-7-13/h3-7,10,15H,8-9,11H2,1-2H3,(H,17,18,19). The Morgan fingerprint density at radius 3 is 2.70 bits per heavy atom. The van der Waals surface area contributed by atoms with Crippen LogP contribution in [0.15, 0.2) is 36.4 Å². The molecule has 20 heavy (non-hydrogen) atoms. The lowest BCUT2D eigenvalue weighted by Gasteiger charge is -2.40. The molecule has 0 spiro atoms. The number of anilines is 1. The van der Waals surface area contributed by atoms with E-state index in [-0.39, 0.29) is 0 Å². The summed E-state index contributed by atoms with van der Waals surface area (Å²) in [5.41, 5.74) is 2.49. The number of aryl methyl sites for hydroxylation is 1. The summed E-state index contributed by atoms with van der Waals surface area (Å²) in [4.78, 5) is 11.4. The topological polar surface area (TPSA) is 41.0 Å². The highest BCUT2D eigenvalue weighted by atomic mass is 15.2. The van der Waals surface area contributed by atoms with Crippen LogP contribution in [0.5, 0.6) is 0 Å². The molecule has 1 aromatic heterocycles. The third-order valence-electron chi connectivity index (χ3n) is 3.81. The Bertz CT molecular complexity index is 582. The first-order chi connectivity index (χ1) is 9.76. The molecule has 1 atom stereocenters. The van der Waals surface area contributed by atoms with Gasteiger partial charge in [0.2, 0.25) is 0 Å². The van der Waals surface area contributed by atoms with Crippen molar-refractivity contribution in [1.29, 1.82) is 0 Å². The summed E-state index contributed by atoms with van der Waals surface area (Å²) in [5.74, 6) is 1.73. The van der Waals surface area contributed by atoms with Crippen LogP contribution in [0.3, 0.4) is 0 Å². The van der Waals surface area contributed by atoms with Crippen molar-refractivity contribution >= 4 is 5.82 Å². The number of hydrogen-bond donors (Lipinski definition) is 1. The fraction of sp³-hybridized carbons (Fsp3) is 0.375. The van der Waals surface area contributed by atoms with E-state index in [2.05, 4.69) is 56.6 Å². The summed E-state index contributed by atoms with van der Waals surface area (Å²) in [6.07, 6.45) is 1.17. The molecule has 104 valence electrons. The zero-order valence-electron chi connectivity index (χ0n) is 12.0. The van der Waals surface area contributed by atoms with Gasteiger partial charge in [0.1, 0.15) is 11.6 Å². The largest absolute Gasteiger partial charge is 0.373 e. The molecule has 0 amide bonds. The molecule has 1 N–H and O–H groups in total. The Balaban J connectivity index is 1.76. The van der Waals surface area contributed by atoms with Crippen molar-refractivity contribution in [2.24, 2.45) is 0 Å². The van der Waals surface area contributed by atoms with Crippen LogP contribution in [0.25, 0.3) is 0 Å². The van der Waals surface area contributed by atoms with Gasteiger partial charge in [-0.05, 0) is 18.9 Å². The van der Waals surface area contributed by atoms with Crippen molar-refractivity contribution in [3.8, 4) is 0 Å². The number of benzene rings is 1. The highest BCUT2D eigenvalue weighted by Crippen LogP contribution is 2.34. The minimum Gasteiger partial charge on any atom is -0.373 e. The van der Waals surface area contributed by atoms with Crippen LogP contribution < -0.4 is 5.32 Å². The van der Waals surface area contributed by atoms with Gasteiger partial charge >= 0.3 is 0 Å². The molecule has 1 aliphatic heterocycles. The maximum Gasteiger partial charge on any atom is 0.129 e. The van der Waals surface area contributed by atoms with Crippen LogP contribution in [-0.4, -0.2) is 28.5 Å². The lowest BCUT2D eigenvalue weighted by Crippen LogP contribution is -2.40. The van der Waals surface area contributed by atoms with Gasteiger partial charge in [0.25, 0.3) is 0 Å². The maximum atomic E-state index is 4.60. The van der Waals surface area contributed by atoms with Gasteiger partial charge in [-0.25, -0.2) is 9.97 Å². The Morgan fingerprint density at radius 2 is 2.05 bits per heavy atom. The van der Waals surface area contributed by atoms with Crippen molar-refractivity contribution in [2.75, 3.05) is 18.9 Å². The second kappa shape index (κ2) is 5.59. The summed E-state index contributed by atoms with van der Waals surface area (Å²) in [7, 11) is 1.90. The second-order valence-electron chi connectivity index (χ2n) is 5.24. The van der Waals surface area contributed by atoms with Crippen molar-refractivity contribution in [3.05, 3.63) is 53.5 Å². The van der Waals surface area contributed by atoms with Gasteiger partial charge in [0, 0.05) is 26.2 Å². The monoisotopic (exact) mass is 268 g/mol. The Kier molecular flexibility index (Phi) is 3.65. The van der Waals surface area contributed by atoms with Gasteiger partial charge in [0.15, 0.2) is 0 Å². The zero-order chi connectivity index (χ0) is 13.9. The van der Waals surface area contributed by atoms with Crippen LogP contribution in [0.2, 0.25) is 0 Å². The summed E-state index contributed by atoms with van der Waals surface area (Å²) < 4.78 is 0. The van der Waals surface area contributed by atoms with E-state index in [1.54, 1.807) is 0 Å². The first-order valence-corrected chi connectivity index (χ1v) is 7.07. The first kappa shape index (κ1) is 13.1. The van der Waals surface area contributed by atoms with Gasteiger partial charge in [-0.15, -0.1) is 0 Å². The molecule has 1 aromatic carbocycles. The minimum atomic E-state index is 0.420. The van der Waals surface area contributed by atoms with E-state index in [0.29, 0.717) is 6.04 Å². The molecule has 0 bridgehead atoms. The molecular formula is C16H20N4. The molecule has 1 unspecified atom stereocenters. The quantitative estimate of drug-likeness (QED) is 0.925. The molecule has 0 saturated carbocycles. The van der Waals surface area contributed by atoms with E-state index in [0.717, 1.165) is 30.4 Å². The summed E-state index contributed by atoms with van der Waals surface area (Å²) in [5, 5.41) is 3.11. The molecule has 1 saturated heterocycles. The molecule has 4 heteroatoms. The average Bonchev–Trinajstić information content (AvgIpc) is 2.44. The summed E-state index contributed by atoms with van der Waals surface area (Å²) in [6.45, 7) is 4.07. The highest BCUT2D eigenvalue weighted by Gasteiger charge is 2.30. The van der Waals surface area contributed by atoms with Crippen LogP contribution in [0.4, 0.5) is 5.82 Å². The number of nitrogens with zero attached hydrogens (tertiary/aromatic N) is 3. The van der Waals surface area contributed by atoms with E-state index < -0.39 is 0 Å². The number of nitrogens with one attached hydrogen (secondary N) is 1. The average molecular weight is 268 g/mol. The van der Waals surface area contributed by atoms with Crippen LogP contribution in [0.1, 0.15) is 29.5 Å². The van der Waals surface area contributed by atoms with E-state index in [4.69, 9.17) is 0 Å². The molecule has 0 aliphatic carbocycles. The van der Waals surface area contributed by atoms with Gasteiger partial charge in [-0.3, -0.25) is 4.90 Å². The Morgan fingerprint density at radius 1 is 1.25 bits per heavy atom. The van der Waals surface area contributed by atoms with E-state index in [1.165, 1.54) is 12.0 Å². The molecule has 1 fully saturated rings. The van der Waals surface area contributed by atoms with Gasteiger partial charge < -0.3 is 5.32 Å². The molecule has 3 rings (SSSR count). The minimum absolute atomic E-state index is 0.420. The SMILES string of the molecule is CNc1cc(C2CCN2Cc2ccccc2)nc(C)n1. The van der Waals surface area contributed by atoms with E-state index in [1.807, 2.05) is 14.0 Å². The van der Waals surface area contributed by atoms with E-state index in [9.17, 15) is 0 Å². The highest BCUT2D eigenvalue weighted by molar-refractivity contribution is 5.36. The predicted octanol–water partition coefficient (Wildman–Crippen LogP) is 2.77. The summed E-state index contributed by atoms with van der Waals surface area (Å²) in [6, 6.07) is 13.1. The molecule has 0 radical (unpaired) electrons. The first-order valence-electron chi connectivity index (χ1n) is 7.07. The molecular weight excluding hydrogens is 248 g/mol. The molecule has 1 aliphatic rings. The third kappa shape index (κ3) is 2.65. The van der Waals surface area contributed by atoms with Crippen molar-refractivity contribution < 1.29 is 0 Å². The zero-order valence-corrected chi connectivity index (χ0v) is 12.0. The molecule has 2 aromatic rings. The van der Waals surface area contributed by atoms with Gasteiger partial charge in [-0.1, -0.05) is 30.3 Å². The van der Waals surface area contributed by atoms with Crippen LogP contribution in [-0.2, 0) is 6.54 Å². The van der Waals surface area contributed by atoms with Crippen molar-refractivity contribution in [2.45, 2.75) is 25.9 Å². The predicted molar refractivity (Wildman–Crippen MR) is 80.5 cm³/mol. The van der Waals surface area contributed by atoms with Crippen LogP contribution in [0, 0.1) is 6.92 Å². The second-order valence-corrected chi connectivity index (χ2v) is 5.24. The Labute approximate surface area is 119 Å². The normalized spacial score (nSPS) is 18.6. The third-order valence-corrected chi connectivity index (χ3v) is 3.81. The number of hydrogen-bond acceptors (Lipinski definition) is 4. The molecule has 4 nitrogen and oxygen atoms in total. The maximum absolute atomic E-state index is 4.60. The smallest absolute Gasteiger partial charge is 0.129 e. The fourth-order valence-electron chi connectivity index (χ4n) is 2.67. The molecule has 2 heterocycles. The lowest BCUT2D eigenvalue weighted by molar-refractivity contribution is 0.0785. The lowest BCUT2D eigenvalue weighted by atomic mass is 9.98. The number of rotatable bonds is 4. The van der Waals surface area contributed by atoms with Gasteiger partial charge in [-0.2, -0.15) is 0 Å². The number of aromatic nitrogens is 2. The van der Waals surface area contributed by atoms with E-state index >= 15 is 0 Å². The van der Waals surface area contributed by atoms with Crippen molar-refractivity contribution in [3.63, 3.8) is 0 Å². The number of likely N-dealkylation sites (tertiary alicyclic amines) is 1. The van der Waals surface area contributed by atoms with Crippen molar-refractivity contribution in [1.82, 2.24) is 14.9 Å².